The van der Waals surface area contributed by atoms with Crippen molar-refractivity contribution in [3.8, 4) is 11.4 Å². The van der Waals surface area contributed by atoms with Gasteiger partial charge in [0.25, 0.3) is 5.91 Å². The topological polar surface area (TPSA) is 80.6 Å². The van der Waals surface area contributed by atoms with Gasteiger partial charge in [-0.05, 0) is 56.4 Å². The van der Waals surface area contributed by atoms with Gasteiger partial charge in [0.05, 0.1) is 12.3 Å². The molecular formula is C31H41N5O3. The fourth-order valence-electron chi connectivity index (χ4n) is 5.12. The lowest BCUT2D eigenvalue weighted by Gasteiger charge is -2.29. The molecule has 2 amide bonds. The second-order valence-electron chi connectivity index (χ2n) is 10.6. The highest BCUT2D eigenvalue weighted by atomic mass is 16.5. The third-order valence-corrected chi connectivity index (χ3v) is 7.11. The minimum atomic E-state index is -0.153. The molecule has 1 aliphatic heterocycles. The van der Waals surface area contributed by atoms with Crippen molar-refractivity contribution in [3.63, 3.8) is 0 Å². The number of rotatable bonds is 6. The third kappa shape index (κ3) is 6.85. The molecule has 0 aliphatic carbocycles. The fourth-order valence-corrected chi connectivity index (χ4v) is 5.12. The minimum Gasteiger partial charge on any atom is -0.492 e. The van der Waals surface area contributed by atoms with Crippen LogP contribution in [0, 0.1) is 12.8 Å². The molecule has 0 atom stereocenters. The van der Waals surface area contributed by atoms with E-state index in [9.17, 15) is 9.59 Å². The van der Waals surface area contributed by atoms with Gasteiger partial charge >= 0.3 is 0 Å². The van der Waals surface area contributed by atoms with Crippen molar-refractivity contribution in [2.45, 2.75) is 72.8 Å². The van der Waals surface area contributed by atoms with Crippen LogP contribution in [-0.4, -0.2) is 51.4 Å². The summed E-state index contributed by atoms with van der Waals surface area (Å²) in [6.07, 6.45) is 5.59. The monoisotopic (exact) mass is 531 g/mol. The highest BCUT2D eigenvalue weighted by molar-refractivity contribution is 5.95. The van der Waals surface area contributed by atoms with E-state index in [1.165, 1.54) is 0 Å². The Morgan fingerprint density at radius 2 is 1.59 bits per heavy atom. The Labute approximate surface area is 231 Å². The van der Waals surface area contributed by atoms with E-state index in [-0.39, 0.29) is 17.7 Å². The molecule has 3 aromatic rings. The van der Waals surface area contributed by atoms with Gasteiger partial charge in [-0.1, -0.05) is 68.7 Å². The molecule has 2 heterocycles. The molecule has 1 aliphatic rings. The summed E-state index contributed by atoms with van der Waals surface area (Å²) in [6, 6.07) is 15.6. The Balaban J connectivity index is 1.67. The molecule has 0 bridgehead atoms. The predicted octanol–water partition coefficient (Wildman–Crippen LogP) is 5.96. The Hall–Kier alpha value is -3.68. The third-order valence-electron chi connectivity index (χ3n) is 7.11. The summed E-state index contributed by atoms with van der Waals surface area (Å²) in [6.45, 7) is 10.2. The average Bonchev–Trinajstić information content (AvgIpc) is 3.29. The smallest absolute Gasteiger partial charge is 0.276 e. The van der Waals surface area contributed by atoms with Gasteiger partial charge in [-0.2, -0.15) is 0 Å². The largest absolute Gasteiger partial charge is 0.492 e. The van der Waals surface area contributed by atoms with Crippen LogP contribution in [0.5, 0.6) is 5.75 Å². The maximum absolute atomic E-state index is 14.0. The van der Waals surface area contributed by atoms with Gasteiger partial charge in [-0.3, -0.25) is 9.59 Å². The molecule has 0 N–H and O–H groups in total. The SMILES string of the molecule is CCOc1ccccc1-n1nnc(C(=O)N2CCCCCCCN(C(=O)CC(C)C)c3ccccc3C2)c1C. The lowest BCUT2D eigenvalue weighted by molar-refractivity contribution is -0.119. The fraction of sp³-hybridized carbons (Fsp3) is 0.484. The van der Waals surface area contributed by atoms with Crippen LogP contribution in [0.1, 0.15) is 81.0 Å². The molecule has 0 saturated heterocycles. The van der Waals surface area contributed by atoms with Crippen LogP contribution in [0.25, 0.3) is 5.69 Å². The number of fused-ring (bicyclic) bond motifs is 1. The molecule has 8 heteroatoms. The van der Waals surface area contributed by atoms with Crippen LogP contribution in [0.2, 0.25) is 0 Å². The number of benzene rings is 2. The van der Waals surface area contributed by atoms with Gasteiger partial charge in [-0.15, -0.1) is 5.10 Å². The summed E-state index contributed by atoms with van der Waals surface area (Å²) in [5.74, 6) is 0.958. The van der Waals surface area contributed by atoms with Gasteiger partial charge in [-0.25, -0.2) is 4.68 Å². The van der Waals surface area contributed by atoms with Crippen LogP contribution in [0.4, 0.5) is 5.69 Å². The molecular weight excluding hydrogens is 490 g/mol. The van der Waals surface area contributed by atoms with E-state index < -0.39 is 0 Å². The molecule has 39 heavy (non-hydrogen) atoms. The van der Waals surface area contributed by atoms with Crippen molar-refractivity contribution in [1.82, 2.24) is 19.9 Å². The number of ether oxygens (including phenoxy) is 1. The molecule has 0 saturated carbocycles. The molecule has 0 fully saturated rings. The van der Waals surface area contributed by atoms with E-state index in [4.69, 9.17) is 4.74 Å². The molecule has 0 spiro atoms. The van der Waals surface area contributed by atoms with Crippen LogP contribution in [-0.2, 0) is 11.3 Å². The van der Waals surface area contributed by atoms with E-state index in [0.717, 1.165) is 49.0 Å². The van der Waals surface area contributed by atoms with Gasteiger partial charge in [0.15, 0.2) is 5.69 Å². The van der Waals surface area contributed by atoms with Crippen molar-refractivity contribution < 1.29 is 14.3 Å². The zero-order valence-electron chi connectivity index (χ0n) is 23.7. The number of amides is 2. The second-order valence-corrected chi connectivity index (χ2v) is 10.6. The van der Waals surface area contributed by atoms with Crippen molar-refractivity contribution in [2.75, 3.05) is 24.6 Å². The average molecular weight is 532 g/mol. The Kier molecular flexibility index (Phi) is 9.74. The Bertz CT molecular complexity index is 1270. The molecule has 1 aromatic heterocycles. The highest BCUT2D eigenvalue weighted by Crippen LogP contribution is 2.28. The number of carbonyl (C=O) groups excluding carboxylic acids is 2. The number of hydrogen-bond donors (Lipinski definition) is 0. The predicted molar refractivity (Wildman–Crippen MR) is 153 cm³/mol. The quantitative estimate of drug-likeness (QED) is 0.392. The highest BCUT2D eigenvalue weighted by Gasteiger charge is 2.26. The molecule has 208 valence electrons. The van der Waals surface area contributed by atoms with E-state index in [1.54, 1.807) is 4.68 Å². The summed E-state index contributed by atoms with van der Waals surface area (Å²) in [5.41, 5.74) is 3.61. The van der Waals surface area contributed by atoms with E-state index in [1.807, 2.05) is 72.2 Å². The van der Waals surface area contributed by atoms with Crippen molar-refractivity contribution in [1.29, 1.82) is 0 Å². The number of para-hydroxylation sites is 3. The first kappa shape index (κ1) is 28.3. The first-order valence-corrected chi connectivity index (χ1v) is 14.2. The minimum absolute atomic E-state index is 0.138. The van der Waals surface area contributed by atoms with Gasteiger partial charge in [0, 0.05) is 31.7 Å². The lowest BCUT2D eigenvalue weighted by atomic mass is 10.0. The summed E-state index contributed by atoms with van der Waals surface area (Å²) >= 11 is 0. The number of anilines is 1. The van der Waals surface area contributed by atoms with Crippen LogP contribution >= 0.6 is 0 Å². The summed E-state index contributed by atoms with van der Waals surface area (Å²) in [5, 5.41) is 8.67. The number of hydrogen-bond acceptors (Lipinski definition) is 5. The number of carbonyl (C=O) groups is 2. The van der Waals surface area contributed by atoms with Gasteiger partial charge < -0.3 is 14.5 Å². The van der Waals surface area contributed by atoms with Crippen LogP contribution in [0.15, 0.2) is 48.5 Å². The normalized spacial score (nSPS) is 14.9. The van der Waals surface area contributed by atoms with Crippen molar-refractivity contribution in [3.05, 3.63) is 65.5 Å². The van der Waals surface area contributed by atoms with Gasteiger partial charge in [0.1, 0.15) is 11.4 Å². The van der Waals surface area contributed by atoms with Crippen molar-refractivity contribution >= 4 is 17.5 Å². The standard InChI is InChI=1S/C31H41N5O3/c1-5-39-28-18-12-11-17-27(28)36-24(4)30(32-33-36)31(38)34-19-13-7-6-8-14-20-35(29(37)21-23(2)3)26-16-10-9-15-25(26)22-34/h9-12,15-18,23H,5-8,13-14,19-22H2,1-4H3. The van der Waals surface area contributed by atoms with Gasteiger partial charge in [0.2, 0.25) is 5.91 Å². The lowest BCUT2D eigenvalue weighted by Crippen LogP contribution is -2.36. The number of aromatic nitrogens is 3. The molecule has 2 aromatic carbocycles. The van der Waals surface area contributed by atoms with E-state index in [2.05, 4.69) is 24.2 Å². The second kappa shape index (κ2) is 13.4. The maximum Gasteiger partial charge on any atom is 0.276 e. The Morgan fingerprint density at radius 1 is 0.923 bits per heavy atom. The zero-order valence-corrected chi connectivity index (χ0v) is 23.7. The molecule has 4 rings (SSSR count). The van der Waals surface area contributed by atoms with E-state index >= 15 is 0 Å². The van der Waals surface area contributed by atoms with Crippen LogP contribution in [0.3, 0.4) is 0 Å². The zero-order chi connectivity index (χ0) is 27.8. The van der Waals surface area contributed by atoms with Crippen molar-refractivity contribution in [2.24, 2.45) is 5.92 Å². The molecule has 0 unspecified atom stereocenters. The maximum atomic E-state index is 14.0. The molecule has 8 nitrogen and oxygen atoms in total. The summed E-state index contributed by atoms with van der Waals surface area (Å²) < 4.78 is 7.46. The number of nitrogens with zero attached hydrogens (tertiary/aromatic N) is 5. The first-order valence-electron chi connectivity index (χ1n) is 14.2. The summed E-state index contributed by atoms with van der Waals surface area (Å²) in [7, 11) is 0. The molecule has 0 radical (unpaired) electrons. The first-order chi connectivity index (χ1) is 18.9. The Morgan fingerprint density at radius 3 is 2.33 bits per heavy atom. The summed E-state index contributed by atoms with van der Waals surface area (Å²) in [4.78, 5) is 31.1. The van der Waals surface area contributed by atoms with Crippen LogP contribution < -0.4 is 9.64 Å². The van der Waals surface area contributed by atoms with E-state index in [0.29, 0.717) is 49.8 Å².